The third-order valence-corrected chi connectivity index (χ3v) is 3.89. The van der Waals surface area contributed by atoms with Crippen molar-refractivity contribution < 1.29 is 9.18 Å². The molecule has 1 amide bonds. The minimum atomic E-state index is -0.340. The molecule has 5 nitrogen and oxygen atoms in total. The number of amides is 1. The number of halogens is 1. The van der Waals surface area contributed by atoms with E-state index >= 15 is 0 Å². The van der Waals surface area contributed by atoms with E-state index in [0.717, 1.165) is 25.9 Å². The highest BCUT2D eigenvalue weighted by Gasteiger charge is 2.13. The molecule has 6 heteroatoms. The molecule has 3 rings (SSSR count). The van der Waals surface area contributed by atoms with Crippen LogP contribution in [-0.2, 0) is 0 Å². The van der Waals surface area contributed by atoms with Crippen LogP contribution in [0.5, 0.6) is 0 Å². The van der Waals surface area contributed by atoms with Crippen molar-refractivity contribution in [3.05, 3.63) is 48.0 Å². The molecule has 1 saturated heterocycles. The Morgan fingerprint density at radius 1 is 1.00 bits per heavy atom. The zero-order valence-electron chi connectivity index (χ0n) is 12.8. The fraction of sp³-hybridized carbons (Fsp3) is 0.353. The molecular weight excluding hydrogens is 295 g/mol. The molecule has 0 bridgehead atoms. The number of hydrogen-bond acceptors (Lipinski definition) is 4. The summed E-state index contributed by atoms with van der Waals surface area (Å²) in [6.45, 7) is 1.92. The van der Waals surface area contributed by atoms with Crippen LogP contribution in [0.3, 0.4) is 0 Å². The van der Waals surface area contributed by atoms with Gasteiger partial charge in [0.25, 0.3) is 5.91 Å². The summed E-state index contributed by atoms with van der Waals surface area (Å²) in [5, 5.41) is 2.70. The average Bonchev–Trinajstić information content (AvgIpc) is 2.86. The summed E-state index contributed by atoms with van der Waals surface area (Å²) < 4.78 is 12.9. The van der Waals surface area contributed by atoms with E-state index in [9.17, 15) is 9.18 Å². The molecule has 1 aliphatic heterocycles. The van der Waals surface area contributed by atoms with Crippen molar-refractivity contribution in [1.82, 2.24) is 9.97 Å². The van der Waals surface area contributed by atoms with Gasteiger partial charge in [0.2, 0.25) is 5.95 Å². The van der Waals surface area contributed by atoms with Crippen LogP contribution in [0.25, 0.3) is 0 Å². The molecule has 0 atom stereocenters. The molecular formula is C17H19FN4O. The summed E-state index contributed by atoms with van der Waals surface area (Å²) in [7, 11) is 0. The number of rotatable bonds is 3. The molecule has 2 aromatic rings. The van der Waals surface area contributed by atoms with Gasteiger partial charge in [-0.05, 0) is 37.1 Å². The maximum Gasteiger partial charge on any atom is 0.258 e. The predicted molar refractivity (Wildman–Crippen MR) is 87.1 cm³/mol. The zero-order chi connectivity index (χ0) is 16.1. The quantitative estimate of drug-likeness (QED) is 0.945. The molecule has 1 N–H and O–H groups in total. The molecule has 0 aliphatic carbocycles. The third kappa shape index (κ3) is 4.03. The van der Waals surface area contributed by atoms with Crippen molar-refractivity contribution in [2.45, 2.75) is 25.7 Å². The highest BCUT2D eigenvalue weighted by Crippen LogP contribution is 2.16. The van der Waals surface area contributed by atoms with Crippen LogP contribution in [0.15, 0.2) is 36.7 Å². The molecule has 120 valence electrons. The van der Waals surface area contributed by atoms with Crippen molar-refractivity contribution in [1.29, 1.82) is 0 Å². The Balaban J connectivity index is 1.66. The van der Waals surface area contributed by atoms with Crippen molar-refractivity contribution in [3.63, 3.8) is 0 Å². The first-order chi connectivity index (χ1) is 11.2. The first-order valence-electron chi connectivity index (χ1n) is 7.86. The Morgan fingerprint density at radius 3 is 2.22 bits per heavy atom. The molecule has 23 heavy (non-hydrogen) atoms. The van der Waals surface area contributed by atoms with Gasteiger partial charge in [-0.25, -0.2) is 14.4 Å². The van der Waals surface area contributed by atoms with E-state index in [-0.39, 0.29) is 11.7 Å². The smallest absolute Gasteiger partial charge is 0.258 e. The van der Waals surface area contributed by atoms with Crippen LogP contribution >= 0.6 is 0 Å². The molecule has 0 unspecified atom stereocenters. The molecule has 1 fully saturated rings. The summed E-state index contributed by atoms with van der Waals surface area (Å²) in [4.78, 5) is 22.9. The Labute approximate surface area is 134 Å². The normalized spacial score (nSPS) is 15.1. The van der Waals surface area contributed by atoms with E-state index in [1.54, 1.807) is 0 Å². The summed E-state index contributed by atoms with van der Waals surface area (Å²) in [6, 6.07) is 5.63. The number of nitrogens with zero attached hydrogens (tertiary/aromatic N) is 3. The van der Waals surface area contributed by atoms with Gasteiger partial charge in [-0.1, -0.05) is 12.8 Å². The van der Waals surface area contributed by atoms with Gasteiger partial charge >= 0.3 is 0 Å². The Hall–Kier alpha value is -2.50. The topological polar surface area (TPSA) is 58.1 Å². The number of anilines is 2. The Morgan fingerprint density at radius 2 is 1.61 bits per heavy atom. The van der Waals surface area contributed by atoms with Gasteiger partial charge in [-0.3, -0.25) is 4.79 Å². The Kier molecular flexibility index (Phi) is 4.80. The number of carbonyl (C=O) groups excluding carboxylic acids is 1. The second-order valence-corrected chi connectivity index (χ2v) is 5.63. The van der Waals surface area contributed by atoms with Gasteiger partial charge in [-0.15, -0.1) is 0 Å². The van der Waals surface area contributed by atoms with Crippen molar-refractivity contribution in [2.75, 3.05) is 23.3 Å². The second kappa shape index (κ2) is 7.17. The number of hydrogen-bond donors (Lipinski definition) is 1. The second-order valence-electron chi connectivity index (χ2n) is 5.63. The summed E-state index contributed by atoms with van der Waals surface area (Å²) in [5.41, 5.74) is 0.917. The van der Waals surface area contributed by atoms with Crippen LogP contribution in [0.1, 0.15) is 36.0 Å². The van der Waals surface area contributed by atoms with Crippen molar-refractivity contribution in [2.24, 2.45) is 0 Å². The van der Waals surface area contributed by atoms with E-state index in [1.807, 2.05) is 0 Å². The van der Waals surface area contributed by atoms with Crippen LogP contribution in [0, 0.1) is 5.82 Å². The highest BCUT2D eigenvalue weighted by atomic mass is 19.1. The van der Waals surface area contributed by atoms with Crippen LogP contribution in [0.2, 0.25) is 0 Å². The molecule has 2 heterocycles. The summed E-state index contributed by atoms with van der Waals surface area (Å²) in [5.74, 6) is 0.0254. The maximum atomic E-state index is 12.9. The highest BCUT2D eigenvalue weighted by molar-refractivity contribution is 6.03. The lowest BCUT2D eigenvalue weighted by Crippen LogP contribution is -2.26. The van der Waals surface area contributed by atoms with Gasteiger partial charge in [0.05, 0.1) is 5.56 Å². The van der Waals surface area contributed by atoms with E-state index in [1.165, 1.54) is 49.5 Å². The van der Waals surface area contributed by atoms with Crippen LogP contribution in [-0.4, -0.2) is 29.0 Å². The minimum Gasteiger partial charge on any atom is -0.341 e. The fourth-order valence-corrected chi connectivity index (χ4v) is 2.61. The zero-order valence-corrected chi connectivity index (χ0v) is 12.8. The number of aromatic nitrogens is 2. The van der Waals surface area contributed by atoms with Crippen molar-refractivity contribution in [3.8, 4) is 0 Å². The van der Waals surface area contributed by atoms with E-state index in [0.29, 0.717) is 17.2 Å². The monoisotopic (exact) mass is 314 g/mol. The van der Waals surface area contributed by atoms with Gasteiger partial charge in [-0.2, -0.15) is 0 Å². The first-order valence-corrected chi connectivity index (χ1v) is 7.86. The lowest BCUT2D eigenvalue weighted by Gasteiger charge is -2.19. The number of carbonyl (C=O) groups is 1. The standard InChI is InChI=1S/C17H19FN4O/c18-14-5-7-15(8-6-14)21-16(23)13-11-19-17(20-12-13)22-9-3-1-2-4-10-22/h5-8,11-12H,1-4,9-10H2,(H,21,23). The van der Waals surface area contributed by atoms with E-state index in [4.69, 9.17) is 0 Å². The molecule has 0 radical (unpaired) electrons. The van der Waals surface area contributed by atoms with Gasteiger partial charge in [0.1, 0.15) is 5.82 Å². The SMILES string of the molecule is O=C(Nc1ccc(F)cc1)c1cnc(N2CCCCCC2)nc1. The van der Waals surface area contributed by atoms with Gasteiger partial charge in [0.15, 0.2) is 0 Å². The third-order valence-electron chi connectivity index (χ3n) is 3.89. The fourth-order valence-electron chi connectivity index (χ4n) is 2.61. The van der Waals surface area contributed by atoms with Crippen LogP contribution in [0.4, 0.5) is 16.0 Å². The predicted octanol–water partition coefficient (Wildman–Crippen LogP) is 3.25. The van der Waals surface area contributed by atoms with Gasteiger partial charge in [0, 0.05) is 31.2 Å². The maximum absolute atomic E-state index is 12.9. The van der Waals surface area contributed by atoms with Crippen LogP contribution < -0.4 is 10.2 Å². The summed E-state index contributed by atoms with van der Waals surface area (Å²) in [6.07, 6.45) is 7.85. The molecule has 0 spiro atoms. The summed E-state index contributed by atoms with van der Waals surface area (Å²) >= 11 is 0. The Bertz CT molecular complexity index is 649. The average molecular weight is 314 g/mol. The number of nitrogens with one attached hydrogen (secondary N) is 1. The van der Waals surface area contributed by atoms with Gasteiger partial charge < -0.3 is 10.2 Å². The molecule has 1 aromatic heterocycles. The van der Waals surface area contributed by atoms with Crippen molar-refractivity contribution >= 4 is 17.5 Å². The minimum absolute atomic E-state index is 0.306. The first kappa shape index (κ1) is 15.4. The van der Waals surface area contributed by atoms with E-state index in [2.05, 4.69) is 20.2 Å². The van der Waals surface area contributed by atoms with E-state index < -0.39 is 0 Å². The number of benzene rings is 1. The molecule has 1 aliphatic rings. The lowest BCUT2D eigenvalue weighted by molar-refractivity contribution is 0.102. The molecule has 1 aromatic carbocycles. The molecule has 0 saturated carbocycles. The lowest BCUT2D eigenvalue weighted by atomic mass is 10.2. The largest absolute Gasteiger partial charge is 0.341 e.